The number of nitrogens with zero attached hydrogens (tertiary/aromatic N) is 1. The first-order valence-corrected chi connectivity index (χ1v) is 8.63. The molecule has 0 radical (unpaired) electrons. The number of carbonyl (C=O) groups is 2. The molecule has 0 aliphatic carbocycles. The molecule has 1 amide bonds. The van der Waals surface area contributed by atoms with Crippen molar-refractivity contribution in [3.63, 3.8) is 0 Å². The number of amides is 1. The van der Waals surface area contributed by atoms with E-state index in [0.717, 1.165) is 0 Å². The first kappa shape index (κ1) is 18.8. The lowest BCUT2D eigenvalue weighted by Gasteiger charge is -2.25. The first-order valence-electron chi connectivity index (χ1n) is 8.63. The van der Waals surface area contributed by atoms with E-state index >= 15 is 0 Å². The number of Topliss-reactive ketones (excluding diaryl/α,β-unsaturated/α-hetero) is 1. The van der Waals surface area contributed by atoms with Crippen molar-refractivity contribution in [2.75, 3.05) is 20.3 Å². The fourth-order valence-electron chi connectivity index (χ4n) is 3.23. The summed E-state index contributed by atoms with van der Waals surface area (Å²) in [6.07, 6.45) is 0.534. The van der Waals surface area contributed by atoms with E-state index in [1.54, 1.807) is 37.4 Å². The van der Waals surface area contributed by atoms with Gasteiger partial charge in [0.2, 0.25) is 0 Å². The third-order valence-corrected chi connectivity index (χ3v) is 4.52. The fourth-order valence-corrected chi connectivity index (χ4v) is 3.23. The van der Waals surface area contributed by atoms with Crippen molar-refractivity contribution in [2.45, 2.75) is 12.5 Å². The summed E-state index contributed by atoms with van der Waals surface area (Å²) in [6, 6.07) is 13.4. The predicted octanol–water partition coefficient (Wildman–Crippen LogP) is 3.28. The average Bonchev–Trinajstić information content (AvgIpc) is 2.94. The van der Waals surface area contributed by atoms with E-state index in [9.17, 15) is 19.1 Å². The maximum Gasteiger partial charge on any atom is 0.295 e. The van der Waals surface area contributed by atoms with Crippen molar-refractivity contribution < 1.29 is 23.8 Å². The van der Waals surface area contributed by atoms with Gasteiger partial charge in [-0.05, 0) is 24.1 Å². The second-order valence-corrected chi connectivity index (χ2v) is 6.26. The van der Waals surface area contributed by atoms with Crippen LogP contribution in [0.3, 0.4) is 0 Å². The van der Waals surface area contributed by atoms with Crippen molar-refractivity contribution in [1.82, 2.24) is 4.90 Å². The number of benzene rings is 2. The van der Waals surface area contributed by atoms with E-state index in [0.29, 0.717) is 24.2 Å². The molecule has 0 unspecified atom stereocenters. The molecule has 2 aromatic carbocycles. The van der Waals surface area contributed by atoms with Crippen LogP contribution < -0.4 is 0 Å². The highest BCUT2D eigenvalue weighted by molar-refractivity contribution is 6.46. The second-order valence-electron chi connectivity index (χ2n) is 6.26. The van der Waals surface area contributed by atoms with Crippen LogP contribution in [0.2, 0.25) is 0 Å². The number of hydrogen-bond donors (Lipinski definition) is 1. The number of aliphatic hydroxyl groups excluding tert-OH is 1. The van der Waals surface area contributed by atoms with Crippen LogP contribution in [0.25, 0.3) is 5.76 Å². The van der Waals surface area contributed by atoms with Crippen LogP contribution in [0, 0.1) is 5.82 Å². The Hall–Kier alpha value is -2.99. The number of ether oxygens (including phenoxy) is 1. The van der Waals surface area contributed by atoms with Gasteiger partial charge in [0.1, 0.15) is 11.6 Å². The number of carbonyl (C=O) groups excluding carboxylic acids is 2. The second kappa shape index (κ2) is 8.14. The van der Waals surface area contributed by atoms with Crippen molar-refractivity contribution >= 4 is 17.4 Å². The Balaban J connectivity index is 2.10. The number of aliphatic hydroxyl groups is 1. The van der Waals surface area contributed by atoms with Crippen molar-refractivity contribution in [3.05, 3.63) is 77.1 Å². The molecule has 5 nitrogen and oxygen atoms in total. The summed E-state index contributed by atoms with van der Waals surface area (Å²) in [5.41, 5.74) is 1.01. The molecular weight excluding hydrogens is 349 g/mol. The third kappa shape index (κ3) is 3.75. The summed E-state index contributed by atoms with van der Waals surface area (Å²) in [6.45, 7) is 0.712. The van der Waals surface area contributed by atoms with Crippen molar-refractivity contribution in [3.8, 4) is 0 Å². The minimum Gasteiger partial charge on any atom is -0.507 e. The molecule has 140 valence electrons. The molecule has 2 aromatic rings. The molecule has 0 aromatic heterocycles. The van der Waals surface area contributed by atoms with Gasteiger partial charge >= 0.3 is 0 Å². The van der Waals surface area contributed by atoms with Gasteiger partial charge in [-0.1, -0.05) is 42.5 Å². The normalized spacial score (nSPS) is 18.9. The Bertz CT molecular complexity index is 862. The van der Waals surface area contributed by atoms with Gasteiger partial charge in [-0.15, -0.1) is 0 Å². The average molecular weight is 369 g/mol. The molecule has 1 N–H and O–H groups in total. The molecule has 1 saturated heterocycles. The summed E-state index contributed by atoms with van der Waals surface area (Å²) in [7, 11) is 1.56. The van der Waals surface area contributed by atoms with Crippen LogP contribution >= 0.6 is 0 Å². The van der Waals surface area contributed by atoms with Gasteiger partial charge in [0.15, 0.2) is 0 Å². The van der Waals surface area contributed by atoms with E-state index in [1.165, 1.54) is 29.2 Å². The monoisotopic (exact) mass is 369 g/mol. The summed E-state index contributed by atoms with van der Waals surface area (Å²) >= 11 is 0. The van der Waals surface area contributed by atoms with E-state index in [4.69, 9.17) is 4.74 Å². The maximum atomic E-state index is 13.4. The Morgan fingerprint density at radius 3 is 2.41 bits per heavy atom. The van der Waals surface area contributed by atoms with Gasteiger partial charge in [0.05, 0.1) is 11.6 Å². The molecule has 1 fully saturated rings. The molecule has 0 bridgehead atoms. The van der Waals surface area contributed by atoms with E-state index in [-0.39, 0.29) is 17.9 Å². The minimum atomic E-state index is -0.775. The minimum absolute atomic E-state index is 0.00947. The molecular formula is C21H20FNO4. The van der Waals surface area contributed by atoms with Gasteiger partial charge in [0.25, 0.3) is 11.7 Å². The number of methoxy groups -OCH3 is 1. The SMILES string of the molecule is COCCCN1C(=O)C(=O)/C(=C(/O)c2ccccc2)[C@H]1c1ccc(F)cc1. The van der Waals surface area contributed by atoms with Gasteiger partial charge in [-0.2, -0.15) is 0 Å². The number of ketones is 1. The molecule has 6 heteroatoms. The molecule has 27 heavy (non-hydrogen) atoms. The third-order valence-electron chi connectivity index (χ3n) is 4.52. The van der Waals surface area contributed by atoms with Gasteiger partial charge in [-0.25, -0.2) is 4.39 Å². The highest BCUT2D eigenvalue weighted by Gasteiger charge is 2.45. The summed E-state index contributed by atoms with van der Waals surface area (Å²) in [5, 5.41) is 10.8. The topological polar surface area (TPSA) is 66.8 Å². The maximum absolute atomic E-state index is 13.4. The molecule has 1 heterocycles. The molecule has 3 rings (SSSR count). The lowest BCUT2D eigenvalue weighted by molar-refractivity contribution is -0.140. The molecule has 1 atom stereocenters. The van der Waals surface area contributed by atoms with Crippen LogP contribution in [0.5, 0.6) is 0 Å². The molecule has 1 aliphatic rings. The van der Waals surface area contributed by atoms with Crippen LogP contribution in [0.4, 0.5) is 4.39 Å². The highest BCUT2D eigenvalue weighted by atomic mass is 19.1. The Morgan fingerprint density at radius 1 is 1.11 bits per heavy atom. The number of halogens is 1. The fraction of sp³-hybridized carbons (Fsp3) is 0.238. The van der Waals surface area contributed by atoms with Crippen molar-refractivity contribution in [2.24, 2.45) is 0 Å². The van der Waals surface area contributed by atoms with Gasteiger partial charge in [0, 0.05) is 25.8 Å². The number of hydrogen-bond acceptors (Lipinski definition) is 4. The smallest absolute Gasteiger partial charge is 0.295 e. The zero-order valence-corrected chi connectivity index (χ0v) is 14.9. The van der Waals surface area contributed by atoms with E-state index < -0.39 is 23.5 Å². The van der Waals surface area contributed by atoms with Gasteiger partial charge < -0.3 is 14.7 Å². The Labute approximate surface area is 156 Å². The zero-order chi connectivity index (χ0) is 19.4. The quantitative estimate of drug-likeness (QED) is 0.367. The number of likely N-dealkylation sites (tertiary alicyclic amines) is 1. The lowest BCUT2D eigenvalue weighted by atomic mass is 9.95. The standard InChI is InChI=1S/C21H20FNO4/c1-27-13-5-12-23-18(14-8-10-16(22)11-9-14)17(20(25)21(23)26)19(24)15-6-3-2-4-7-15/h2-4,6-11,18,24H,5,12-13H2,1H3/b19-17+/t18-/m1/s1. The first-order chi connectivity index (χ1) is 13.0. The van der Waals surface area contributed by atoms with Crippen LogP contribution in [-0.4, -0.2) is 42.0 Å². The van der Waals surface area contributed by atoms with E-state index in [1.807, 2.05) is 0 Å². The molecule has 0 saturated carbocycles. The van der Waals surface area contributed by atoms with Crippen molar-refractivity contribution in [1.29, 1.82) is 0 Å². The van der Waals surface area contributed by atoms with E-state index in [2.05, 4.69) is 0 Å². The Kier molecular flexibility index (Phi) is 5.66. The predicted molar refractivity (Wildman–Crippen MR) is 98.3 cm³/mol. The van der Waals surface area contributed by atoms with Gasteiger partial charge in [-0.3, -0.25) is 9.59 Å². The summed E-state index contributed by atoms with van der Waals surface area (Å²) < 4.78 is 18.4. The number of rotatable bonds is 6. The molecule has 0 spiro atoms. The van der Waals surface area contributed by atoms with Crippen LogP contribution in [-0.2, 0) is 14.3 Å². The Morgan fingerprint density at radius 2 is 1.78 bits per heavy atom. The molecule has 1 aliphatic heterocycles. The summed E-state index contributed by atoms with van der Waals surface area (Å²) in [5.74, 6) is -2.09. The summed E-state index contributed by atoms with van der Waals surface area (Å²) in [4.78, 5) is 26.7. The highest BCUT2D eigenvalue weighted by Crippen LogP contribution is 2.39. The van der Waals surface area contributed by atoms with Crippen LogP contribution in [0.1, 0.15) is 23.6 Å². The lowest BCUT2D eigenvalue weighted by Crippen LogP contribution is -2.31. The largest absolute Gasteiger partial charge is 0.507 e. The van der Waals surface area contributed by atoms with Crippen LogP contribution in [0.15, 0.2) is 60.2 Å². The zero-order valence-electron chi connectivity index (χ0n) is 14.9.